The minimum absolute atomic E-state index is 0.0266. The smallest absolute Gasteiger partial charge is 0.0144 e. The summed E-state index contributed by atoms with van der Waals surface area (Å²) in [7, 11) is 0. The van der Waals surface area contributed by atoms with Gasteiger partial charge in [-0.15, -0.1) is 17.7 Å². The van der Waals surface area contributed by atoms with Crippen LogP contribution in [0.2, 0.25) is 0 Å². The molecule has 82 valence electrons. The maximum Gasteiger partial charge on any atom is 0.0144 e. The number of hydrogen-bond donors (Lipinski definition) is 0. The van der Waals surface area contributed by atoms with Crippen molar-refractivity contribution in [2.75, 3.05) is 0 Å². The lowest BCUT2D eigenvalue weighted by atomic mass is 9.82. The van der Waals surface area contributed by atoms with Crippen LogP contribution >= 0.6 is 0 Å². The molecule has 0 fully saturated rings. The number of fused-ring (bicyclic) bond motifs is 3. The number of hydrogen-bond acceptors (Lipinski definition) is 0. The van der Waals surface area contributed by atoms with Crippen LogP contribution < -0.4 is 0 Å². The van der Waals surface area contributed by atoms with Gasteiger partial charge < -0.3 is 6.42 Å². The third-order valence-corrected chi connectivity index (χ3v) is 3.73. The first-order chi connectivity index (χ1) is 8.14. The van der Waals surface area contributed by atoms with Crippen LogP contribution in [0.1, 0.15) is 30.5 Å². The lowest BCUT2D eigenvalue weighted by Gasteiger charge is -2.22. The Morgan fingerprint density at radius 1 is 0.941 bits per heavy atom. The Bertz CT molecular complexity index is 639. The van der Waals surface area contributed by atoms with E-state index >= 15 is 0 Å². The Morgan fingerprint density at radius 3 is 2.41 bits per heavy atom. The van der Waals surface area contributed by atoms with E-state index in [-0.39, 0.29) is 5.41 Å². The largest absolute Gasteiger partial charge is 0.366 e. The molecule has 0 heteroatoms. The molecule has 0 aliphatic heterocycles. The third-order valence-electron chi connectivity index (χ3n) is 3.73. The van der Waals surface area contributed by atoms with Crippen LogP contribution in [0.3, 0.4) is 0 Å². The highest BCUT2D eigenvalue weighted by atomic mass is 14.4. The summed E-state index contributed by atoms with van der Waals surface area (Å²) < 4.78 is 0. The predicted molar refractivity (Wildman–Crippen MR) is 70.2 cm³/mol. The third kappa shape index (κ3) is 1.26. The standard InChI is InChI=1S/C17H13/c1-4-12-9-10-14-13-7-5-6-8-15(13)17(2,3)16(14)11-12/h5-11H,2-3H3/q-1. The Kier molecular flexibility index (Phi) is 1.94. The molecule has 1 aliphatic rings. The molecule has 0 saturated heterocycles. The monoisotopic (exact) mass is 217 g/mol. The minimum atomic E-state index is 0.0266. The highest BCUT2D eigenvalue weighted by Crippen LogP contribution is 2.48. The first-order valence-corrected chi connectivity index (χ1v) is 5.82. The maximum absolute atomic E-state index is 7.25. The zero-order chi connectivity index (χ0) is 12.0. The van der Waals surface area contributed by atoms with Gasteiger partial charge in [0.2, 0.25) is 0 Å². The van der Waals surface area contributed by atoms with E-state index in [1.54, 1.807) is 0 Å². The molecular formula is C17H13-. The molecule has 0 nitrogen and oxygen atoms in total. The molecule has 17 heavy (non-hydrogen) atoms. The first kappa shape index (κ1) is 10.2. The van der Waals surface area contributed by atoms with Gasteiger partial charge in [0.05, 0.1) is 0 Å². The lowest BCUT2D eigenvalue weighted by molar-refractivity contribution is 0.660. The molecule has 0 bridgehead atoms. The van der Waals surface area contributed by atoms with Gasteiger partial charge in [-0.3, -0.25) is 5.92 Å². The van der Waals surface area contributed by atoms with E-state index in [1.165, 1.54) is 22.3 Å². The fourth-order valence-electron chi connectivity index (χ4n) is 2.78. The lowest BCUT2D eigenvalue weighted by Crippen LogP contribution is -2.14. The van der Waals surface area contributed by atoms with Crippen molar-refractivity contribution in [3.63, 3.8) is 0 Å². The molecule has 1 aliphatic carbocycles. The molecule has 0 radical (unpaired) electrons. The molecule has 0 unspecified atom stereocenters. The van der Waals surface area contributed by atoms with Gasteiger partial charge in [-0.1, -0.05) is 44.2 Å². The topological polar surface area (TPSA) is 0 Å². The molecule has 2 aromatic rings. The van der Waals surface area contributed by atoms with Crippen LogP contribution in [-0.4, -0.2) is 0 Å². The highest BCUT2D eigenvalue weighted by molar-refractivity contribution is 5.81. The zero-order valence-corrected chi connectivity index (χ0v) is 10.0. The molecule has 0 spiro atoms. The first-order valence-electron chi connectivity index (χ1n) is 5.82. The summed E-state index contributed by atoms with van der Waals surface area (Å²) in [5.41, 5.74) is 6.17. The van der Waals surface area contributed by atoms with E-state index < -0.39 is 0 Å². The molecule has 2 aromatic carbocycles. The fourth-order valence-corrected chi connectivity index (χ4v) is 2.78. The van der Waals surface area contributed by atoms with Gasteiger partial charge in [-0.2, -0.15) is 0 Å². The Labute approximate surface area is 102 Å². The van der Waals surface area contributed by atoms with Crippen molar-refractivity contribution >= 4 is 0 Å². The van der Waals surface area contributed by atoms with Crippen LogP contribution in [0.4, 0.5) is 0 Å². The van der Waals surface area contributed by atoms with Crippen molar-refractivity contribution in [3.8, 4) is 17.0 Å². The molecule has 3 rings (SSSR count). The molecule has 0 N–H and O–H groups in total. The van der Waals surface area contributed by atoms with Crippen LogP contribution in [0.25, 0.3) is 11.1 Å². The summed E-state index contributed by atoms with van der Waals surface area (Å²) >= 11 is 0. The van der Waals surface area contributed by atoms with Gasteiger partial charge in [-0.25, -0.2) is 0 Å². The Morgan fingerprint density at radius 2 is 1.65 bits per heavy atom. The van der Waals surface area contributed by atoms with Crippen molar-refractivity contribution in [2.24, 2.45) is 0 Å². The van der Waals surface area contributed by atoms with Crippen molar-refractivity contribution in [3.05, 3.63) is 65.6 Å². The molecule has 0 saturated carbocycles. The van der Waals surface area contributed by atoms with E-state index in [0.717, 1.165) is 5.56 Å². The molecular weight excluding hydrogens is 204 g/mol. The quantitative estimate of drug-likeness (QED) is 0.463. The summed E-state index contributed by atoms with van der Waals surface area (Å²) in [5.74, 6) is 2.47. The normalized spacial score (nSPS) is 14.9. The molecule has 0 heterocycles. The van der Waals surface area contributed by atoms with E-state index in [0.29, 0.717) is 0 Å². The summed E-state index contributed by atoms with van der Waals surface area (Å²) in [4.78, 5) is 0. The zero-order valence-electron chi connectivity index (χ0n) is 10.0. The summed E-state index contributed by atoms with van der Waals surface area (Å²) in [6, 6.07) is 14.7. The van der Waals surface area contributed by atoms with Crippen molar-refractivity contribution in [1.29, 1.82) is 0 Å². The van der Waals surface area contributed by atoms with Crippen molar-refractivity contribution < 1.29 is 0 Å². The SMILES string of the molecule is [C-]#Cc1ccc2c(c1)C(C)(C)c1ccccc1-2. The molecule has 0 aromatic heterocycles. The summed E-state index contributed by atoms with van der Waals surface area (Å²) in [6.45, 7) is 4.48. The van der Waals surface area contributed by atoms with Crippen molar-refractivity contribution in [1.82, 2.24) is 0 Å². The molecule has 0 amide bonds. The second-order valence-corrected chi connectivity index (χ2v) is 5.06. The summed E-state index contributed by atoms with van der Waals surface area (Å²) in [6.07, 6.45) is 7.25. The fraction of sp³-hybridized carbons (Fsp3) is 0.176. The average molecular weight is 217 g/mol. The van der Waals surface area contributed by atoms with Crippen LogP contribution in [0, 0.1) is 12.3 Å². The molecule has 0 atom stereocenters. The Hall–Kier alpha value is -2.00. The van der Waals surface area contributed by atoms with E-state index in [4.69, 9.17) is 6.42 Å². The van der Waals surface area contributed by atoms with Crippen LogP contribution in [0.5, 0.6) is 0 Å². The van der Waals surface area contributed by atoms with E-state index in [2.05, 4.69) is 56.2 Å². The van der Waals surface area contributed by atoms with Crippen molar-refractivity contribution in [2.45, 2.75) is 19.3 Å². The van der Waals surface area contributed by atoms with Gasteiger partial charge in [0.15, 0.2) is 0 Å². The predicted octanol–water partition coefficient (Wildman–Crippen LogP) is 3.93. The average Bonchev–Trinajstić information content (AvgIpc) is 2.59. The van der Waals surface area contributed by atoms with E-state index in [9.17, 15) is 0 Å². The van der Waals surface area contributed by atoms with E-state index in [1.807, 2.05) is 6.07 Å². The van der Waals surface area contributed by atoms with Gasteiger partial charge in [0.25, 0.3) is 0 Å². The summed E-state index contributed by atoms with van der Waals surface area (Å²) in [5, 5.41) is 0. The van der Waals surface area contributed by atoms with Crippen LogP contribution in [-0.2, 0) is 5.41 Å². The van der Waals surface area contributed by atoms with Gasteiger partial charge in [-0.05, 0) is 22.3 Å². The van der Waals surface area contributed by atoms with Gasteiger partial charge >= 0.3 is 0 Å². The number of benzene rings is 2. The second-order valence-electron chi connectivity index (χ2n) is 5.06. The Balaban J connectivity index is 2.36. The van der Waals surface area contributed by atoms with Gasteiger partial charge in [0, 0.05) is 5.41 Å². The number of rotatable bonds is 0. The second kappa shape index (κ2) is 3.25. The van der Waals surface area contributed by atoms with Gasteiger partial charge in [0.1, 0.15) is 0 Å². The highest BCUT2D eigenvalue weighted by Gasteiger charge is 2.33. The maximum atomic E-state index is 7.25. The minimum Gasteiger partial charge on any atom is -0.366 e. The van der Waals surface area contributed by atoms with Crippen LogP contribution in [0.15, 0.2) is 42.5 Å².